The molecule has 0 saturated carbocycles. The molecule has 0 aliphatic carbocycles. The topological polar surface area (TPSA) is 49.3 Å². The quantitative estimate of drug-likeness (QED) is 0.814. The second kappa shape index (κ2) is 6.21. The fourth-order valence-electron chi connectivity index (χ4n) is 1.62. The van der Waals surface area contributed by atoms with E-state index in [9.17, 15) is 4.79 Å². The highest BCUT2D eigenvalue weighted by Gasteiger charge is 2.07. The zero-order chi connectivity index (χ0) is 13.8. The van der Waals surface area contributed by atoms with Crippen molar-refractivity contribution in [1.82, 2.24) is 0 Å². The lowest BCUT2D eigenvalue weighted by atomic mass is 10.2. The van der Waals surface area contributed by atoms with Crippen LogP contribution in [0.2, 0.25) is 0 Å². The number of benzene rings is 2. The van der Waals surface area contributed by atoms with Crippen molar-refractivity contribution in [3.63, 3.8) is 0 Å². The third-order valence-corrected chi connectivity index (χ3v) is 4.07. The summed E-state index contributed by atoms with van der Waals surface area (Å²) in [6.45, 7) is 0.659. The first-order valence-electron chi connectivity index (χ1n) is 5.58. The van der Waals surface area contributed by atoms with Gasteiger partial charge in [-0.3, -0.25) is 0 Å². The van der Waals surface area contributed by atoms with Crippen LogP contribution in [0.3, 0.4) is 0 Å². The summed E-state index contributed by atoms with van der Waals surface area (Å²) in [4.78, 5) is 10.8. The van der Waals surface area contributed by atoms with Crippen LogP contribution < -0.4 is 5.32 Å². The molecule has 0 aromatic heterocycles. The number of halogens is 2. The number of carbonyl (C=O) groups is 1. The lowest BCUT2D eigenvalue weighted by molar-refractivity contribution is 0.0697. The average molecular weight is 385 g/mol. The number of rotatable bonds is 4. The summed E-state index contributed by atoms with van der Waals surface area (Å²) in [6, 6.07) is 12.9. The molecule has 0 fully saturated rings. The molecule has 2 aromatic carbocycles. The molecule has 0 radical (unpaired) electrons. The first-order chi connectivity index (χ1) is 9.08. The highest BCUT2D eigenvalue weighted by atomic mass is 79.9. The van der Waals surface area contributed by atoms with Gasteiger partial charge >= 0.3 is 5.97 Å². The fourth-order valence-corrected chi connectivity index (χ4v) is 2.57. The number of carboxylic acids is 1. The predicted octanol–water partition coefficient (Wildman–Crippen LogP) is 4.52. The van der Waals surface area contributed by atoms with Crippen molar-refractivity contribution in [3.05, 3.63) is 62.5 Å². The third kappa shape index (κ3) is 3.58. The smallest absolute Gasteiger partial charge is 0.335 e. The van der Waals surface area contributed by atoms with Gasteiger partial charge in [-0.05, 0) is 45.8 Å². The van der Waals surface area contributed by atoms with Crippen molar-refractivity contribution in [2.45, 2.75) is 6.54 Å². The van der Waals surface area contributed by atoms with E-state index in [1.54, 1.807) is 18.2 Å². The maximum Gasteiger partial charge on any atom is 0.335 e. The molecule has 0 saturated heterocycles. The second-order valence-corrected chi connectivity index (χ2v) is 5.65. The van der Waals surface area contributed by atoms with Crippen LogP contribution in [0.25, 0.3) is 0 Å². The molecule has 19 heavy (non-hydrogen) atoms. The SMILES string of the molecule is O=C(O)c1ccc(NCc2ccccc2Br)c(Br)c1. The van der Waals surface area contributed by atoms with E-state index in [1.165, 1.54) is 0 Å². The molecular weight excluding hydrogens is 374 g/mol. The van der Waals surface area contributed by atoms with E-state index in [-0.39, 0.29) is 5.56 Å². The van der Waals surface area contributed by atoms with Crippen LogP contribution in [-0.4, -0.2) is 11.1 Å². The first-order valence-corrected chi connectivity index (χ1v) is 7.16. The second-order valence-electron chi connectivity index (χ2n) is 3.94. The summed E-state index contributed by atoms with van der Waals surface area (Å²) in [5.41, 5.74) is 2.26. The molecule has 0 aliphatic rings. The minimum atomic E-state index is -0.932. The minimum Gasteiger partial charge on any atom is -0.478 e. The van der Waals surface area contributed by atoms with Gasteiger partial charge in [-0.1, -0.05) is 34.1 Å². The molecule has 0 bridgehead atoms. The molecule has 3 nitrogen and oxygen atoms in total. The van der Waals surface area contributed by atoms with Crippen LogP contribution in [0.15, 0.2) is 51.4 Å². The number of hydrogen-bond acceptors (Lipinski definition) is 2. The van der Waals surface area contributed by atoms with Gasteiger partial charge < -0.3 is 10.4 Å². The van der Waals surface area contributed by atoms with Gasteiger partial charge in [0, 0.05) is 21.2 Å². The lowest BCUT2D eigenvalue weighted by Gasteiger charge is -2.10. The number of aromatic carboxylic acids is 1. The summed E-state index contributed by atoms with van der Waals surface area (Å²) in [6.07, 6.45) is 0. The van der Waals surface area contributed by atoms with Crippen LogP contribution in [-0.2, 0) is 6.54 Å². The van der Waals surface area contributed by atoms with Crippen LogP contribution in [0.4, 0.5) is 5.69 Å². The Balaban J connectivity index is 2.12. The molecular formula is C14H11Br2NO2. The summed E-state index contributed by atoms with van der Waals surface area (Å²) in [5.74, 6) is -0.932. The van der Waals surface area contributed by atoms with E-state index >= 15 is 0 Å². The van der Waals surface area contributed by atoms with Crippen molar-refractivity contribution < 1.29 is 9.90 Å². The lowest BCUT2D eigenvalue weighted by Crippen LogP contribution is -2.02. The third-order valence-electron chi connectivity index (χ3n) is 2.64. The Kier molecular flexibility index (Phi) is 4.61. The van der Waals surface area contributed by atoms with Crippen molar-refractivity contribution in [2.24, 2.45) is 0 Å². The first kappa shape index (κ1) is 14.1. The van der Waals surface area contributed by atoms with E-state index < -0.39 is 5.97 Å². The van der Waals surface area contributed by atoms with Crippen LogP contribution in [0.5, 0.6) is 0 Å². The van der Waals surface area contributed by atoms with Crippen LogP contribution in [0, 0.1) is 0 Å². The number of hydrogen-bond donors (Lipinski definition) is 2. The molecule has 0 heterocycles. The monoisotopic (exact) mass is 383 g/mol. The zero-order valence-corrected chi connectivity index (χ0v) is 13.0. The number of carboxylic acid groups (broad SMARTS) is 1. The van der Waals surface area contributed by atoms with Gasteiger partial charge in [0.25, 0.3) is 0 Å². The Hall–Kier alpha value is -1.33. The fraction of sp³-hybridized carbons (Fsp3) is 0.0714. The molecule has 2 aromatic rings. The predicted molar refractivity (Wildman–Crippen MR) is 82.6 cm³/mol. The Morgan fingerprint density at radius 2 is 1.84 bits per heavy atom. The van der Waals surface area contributed by atoms with Gasteiger partial charge in [0.1, 0.15) is 0 Å². The summed E-state index contributed by atoms with van der Waals surface area (Å²) < 4.78 is 1.78. The maximum absolute atomic E-state index is 10.8. The van der Waals surface area contributed by atoms with Crippen molar-refractivity contribution in [3.8, 4) is 0 Å². The number of nitrogens with one attached hydrogen (secondary N) is 1. The minimum absolute atomic E-state index is 0.262. The summed E-state index contributed by atoms with van der Waals surface area (Å²) >= 11 is 6.86. The molecule has 0 amide bonds. The molecule has 0 aliphatic heterocycles. The van der Waals surface area contributed by atoms with Crippen molar-refractivity contribution in [1.29, 1.82) is 0 Å². The average Bonchev–Trinajstić information content (AvgIpc) is 2.39. The molecule has 98 valence electrons. The van der Waals surface area contributed by atoms with Gasteiger partial charge in [0.05, 0.1) is 5.56 Å². The zero-order valence-electron chi connectivity index (χ0n) is 9.86. The summed E-state index contributed by atoms with van der Waals surface area (Å²) in [7, 11) is 0. The summed E-state index contributed by atoms with van der Waals surface area (Å²) in [5, 5.41) is 12.2. The number of anilines is 1. The Labute approximate surface area is 127 Å². The van der Waals surface area contributed by atoms with E-state index in [1.807, 2.05) is 24.3 Å². The van der Waals surface area contributed by atoms with Gasteiger partial charge in [0.15, 0.2) is 0 Å². The molecule has 2 rings (SSSR count). The molecule has 2 N–H and O–H groups in total. The van der Waals surface area contributed by atoms with Gasteiger partial charge in [-0.15, -0.1) is 0 Å². The van der Waals surface area contributed by atoms with Crippen molar-refractivity contribution in [2.75, 3.05) is 5.32 Å². The highest BCUT2D eigenvalue weighted by molar-refractivity contribution is 9.11. The maximum atomic E-state index is 10.8. The van der Waals surface area contributed by atoms with Crippen molar-refractivity contribution >= 4 is 43.5 Å². The normalized spacial score (nSPS) is 10.2. The van der Waals surface area contributed by atoms with E-state index in [0.29, 0.717) is 6.54 Å². The Morgan fingerprint density at radius 1 is 1.11 bits per heavy atom. The van der Waals surface area contributed by atoms with E-state index in [2.05, 4.69) is 37.2 Å². The largest absolute Gasteiger partial charge is 0.478 e. The van der Waals surface area contributed by atoms with Gasteiger partial charge in [-0.25, -0.2) is 4.79 Å². The Bertz CT molecular complexity index is 614. The van der Waals surface area contributed by atoms with Crippen LogP contribution in [0.1, 0.15) is 15.9 Å². The van der Waals surface area contributed by atoms with E-state index in [0.717, 1.165) is 20.2 Å². The van der Waals surface area contributed by atoms with E-state index in [4.69, 9.17) is 5.11 Å². The Morgan fingerprint density at radius 3 is 2.47 bits per heavy atom. The van der Waals surface area contributed by atoms with Gasteiger partial charge in [-0.2, -0.15) is 0 Å². The van der Waals surface area contributed by atoms with Gasteiger partial charge in [0.2, 0.25) is 0 Å². The molecule has 0 unspecified atom stereocenters. The van der Waals surface area contributed by atoms with Crippen LogP contribution >= 0.6 is 31.9 Å². The molecule has 5 heteroatoms. The molecule has 0 spiro atoms. The molecule has 0 atom stereocenters. The standard InChI is InChI=1S/C14H11Br2NO2/c15-11-4-2-1-3-10(11)8-17-13-6-5-9(14(18)19)7-12(13)16/h1-7,17H,8H2,(H,18,19). The highest BCUT2D eigenvalue weighted by Crippen LogP contribution is 2.25.